The van der Waals surface area contributed by atoms with Crippen molar-refractivity contribution in [3.05, 3.63) is 0 Å². The van der Waals surface area contributed by atoms with Gasteiger partial charge in [0.25, 0.3) is 0 Å². The fourth-order valence-corrected chi connectivity index (χ4v) is 2.42. The van der Waals surface area contributed by atoms with Crippen molar-refractivity contribution < 1.29 is 19.5 Å². The molecule has 1 rings (SSSR count). The third-order valence-corrected chi connectivity index (χ3v) is 3.71. The van der Waals surface area contributed by atoms with Gasteiger partial charge in [-0.25, -0.2) is 9.59 Å². The highest BCUT2D eigenvalue weighted by Gasteiger charge is 2.26. The van der Waals surface area contributed by atoms with Crippen molar-refractivity contribution in [1.82, 2.24) is 10.2 Å². The van der Waals surface area contributed by atoms with Gasteiger partial charge in [0, 0.05) is 13.1 Å². The number of carbonyl (C=O) groups excluding carboxylic acids is 2. The van der Waals surface area contributed by atoms with Crippen LogP contribution >= 0.6 is 0 Å². The van der Waals surface area contributed by atoms with Crippen molar-refractivity contribution in [2.75, 3.05) is 13.1 Å². The average Bonchev–Trinajstić information content (AvgIpc) is 2.62. The number of hydrogen-bond donors (Lipinski definition) is 3. The number of primary amides is 1. The van der Waals surface area contributed by atoms with E-state index >= 15 is 0 Å². The molecule has 7 nitrogen and oxygen atoms in total. The Morgan fingerprint density at radius 3 is 2.60 bits per heavy atom. The topological polar surface area (TPSA) is 113 Å². The highest BCUT2D eigenvalue weighted by atomic mass is 16.4. The summed E-state index contributed by atoms with van der Waals surface area (Å²) in [5.74, 6) is -1.38. The molecule has 1 fully saturated rings. The number of urea groups is 1. The first-order valence-corrected chi connectivity index (χ1v) is 7.00. The number of nitrogens with two attached hydrogens (primary N) is 1. The van der Waals surface area contributed by atoms with E-state index in [-0.39, 0.29) is 0 Å². The lowest BCUT2D eigenvalue weighted by molar-refractivity contribution is -0.140. The van der Waals surface area contributed by atoms with Crippen molar-refractivity contribution in [3.63, 3.8) is 0 Å². The number of aliphatic carboxylic acids is 1. The van der Waals surface area contributed by atoms with Gasteiger partial charge in [-0.1, -0.05) is 13.3 Å². The molecule has 1 aliphatic heterocycles. The largest absolute Gasteiger partial charge is 0.480 e. The van der Waals surface area contributed by atoms with Gasteiger partial charge in [-0.2, -0.15) is 0 Å². The molecule has 0 aromatic carbocycles. The van der Waals surface area contributed by atoms with Crippen molar-refractivity contribution >= 4 is 17.9 Å². The van der Waals surface area contributed by atoms with Crippen LogP contribution in [0.3, 0.4) is 0 Å². The summed E-state index contributed by atoms with van der Waals surface area (Å²) in [6.07, 6.45) is 3.63. The molecule has 0 aliphatic carbocycles. The van der Waals surface area contributed by atoms with Crippen LogP contribution in [-0.2, 0) is 9.59 Å². The van der Waals surface area contributed by atoms with Crippen LogP contribution in [0.5, 0.6) is 0 Å². The van der Waals surface area contributed by atoms with E-state index in [1.807, 2.05) is 0 Å². The summed E-state index contributed by atoms with van der Waals surface area (Å²) in [4.78, 5) is 35.4. The molecule has 114 valence electrons. The minimum Gasteiger partial charge on any atom is -0.480 e. The Bertz CT molecular complexity index is 373. The molecule has 0 spiro atoms. The number of likely N-dealkylation sites (tertiary alicyclic amines) is 1. The van der Waals surface area contributed by atoms with E-state index in [0.717, 1.165) is 25.7 Å². The molecule has 0 aromatic heterocycles. The van der Waals surface area contributed by atoms with Crippen LogP contribution < -0.4 is 11.1 Å². The lowest BCUT2D eigenvalue weighted by atomic mass is 9.98. The summed E-state index contributed by atoms with van der Waals surface area (Å²) in [6, 6.07) is -1.69. The Morgan fingerprint density at radius 1 is 1.35 bits per heavy atom. The van der Waals surface area contributed by atoms with E-state index < -0.39 is 30.4 Å². The highest BCUT2D eigenvalue weighted by Crippen LogP contribution is 2.20. The number of nitrogens with zero attached hydrogens (tertiary/aromatic N) is 1. The van der Waals surface area contributed by atoms with Crippen LogP contribution in [0.4, 0.5) is 4.79 Å². The van der Waals surface area contributed by atoms with Gasteiger partial charge in [-0.15, -0.1) is 0 Å². The molecule has 0 saturated carbocycles. The van der Waals surface area contributed by atoms with E-state index in [9.17, 15) is 14.4 Å². The monoisotopic (exact) mass is 285 g/mol. The number of carbonyl (C=O) groups is 3. The lowest BCUT2D eigenvalue weighted by Crippen LogP contribution is -2.49. The molecular weight excluding hydrogens is 262 g/mol. The van der Waals surface area contributed by atoms with Crippen LogP contribution in [0.15, 0.2) is 0 Å². The van der Waals surface area contributed by atoms with Crippen LogP contribution in [0, 0.1) is 5.92 Å². The smallest absolute Gasteiger partial charge is 0.326 e. The molecule has 3 amide bonds. The summed E-state index contributed by atoms with van der Waals surface area (Å²) in [5.41, 5.74) is 4.98. The van der Waals surface area contributed by atoms with E-state index in [1.165, 1.54) is 0 Å². The average molecular weight is 285 g/mol. The Balaban J connectivity index is 2.55. The summed E-state index contributed by atoms with van der Waals surface area (Å²) < 4.78 is 0. The van der Waals surface area contributed by atoms with Crippen molar-refractivity contribution in [2.45, 2.75) is 45.1 Å². The van der Waals surface area contributed by atoms with Gasteiger partial charge in [-0.3, -0.25) is 4.79 Å². The SMILES string of the molecule is CCC1CCCN(C(=O)NC(CC(N)=O)C(=O)O)CC1. The van der Waals surface area contributed by atoms with Crippen molar-refractivity contribution in [2.24, 2.45) is 11.7 Å². The first-order valence-electron chi connectivity index (χ1n) is 7.00. The maximum atomic E-state index is 12.0. The molecule has 1 aliphatic rings. The minimum absolute atomic E-state index is 0.396. The van der Waals surface area contributed by atoms with Crippen LogP contribution in [0.1, 0.15) is 39.0 Å². The van der Waals surface area contributed by atoms with E-state index in [4.69, 9.17) is 10.8 Å². The predicted octanol–water partition coefficient (Wildman–Crippen LogP) is 0.537. The zero-order chi connectivity index (χ0) is 15.1. The number of hydrogen-bond acceptors (Lipinski definition) is 3. The number of nitrogens with one attached hydrogen (secondary N) is 1. The number of amides is 3. The maximum absolute atomic E-state index is 12.0. The zero-order valence-corrected chi connectivity index (χ0v) is 11.8. The maximum Gasteiger partial charge on any atom is 0.326 e. The Kier molecular flexibility index (Phi) is 6.27. The predicted molar refractivity (Wildman–Crippen MR) is 73.0 cm³/mol. The zero-order valence-electron chi connectivity index (χ0n) is 11.8. The molecule has 0 aromatic rings. The van der Waals surface area contributed by atoms with E-state index in [0.29, 0.717) is 19.0 Å². The molecule has 4 N–H and O–H groups in total. The third kappa shape index (κ3) is 5.07. The fourth-order valence-electron chi connectivity index (χ4n) is 2.42. The van der Waals surface area contributed by atoms with Gasteiger partial charge in [0.2, 0.25) is 5.91 Å². The molecule has 1 saturated heterocycles. The van der Waals surface area contributed by atoms with Gasteiger partial charge in [0.15, 0.2) is 0 Å². The van der Waals surface area contributed by atoms with Gasteiger partial charge in [-0.05, 0) is 25.2 Å². The number of carboxylic acid groups (broad SMARTS) is 1. The van der Waals surface area contributed by atoms with Gasteiger partial charge in [0.05, 0.1) is 6.42 Å². The molecule has 0 bridgehead atoms. The van der Waals surface area contributed by atoms with E-state index in [1.54, 1.807) is 4.90 Å². The first-order chi connectivity index (χ1) is 9.43. The second kappa shape index (κ2) is 7.72. The molecular formula is C13H23N3O4. The van der Waals surface area contributed by atoms with E-state index in [2.05, 4.69) is 12.2 Å². The summed E-state index contributed by atoms with van der Waals surface area (Å²) in [5, 5.41) is 11.3. The van der Waals surface area contributed by atoms with Crippen LogP contribution in [-0.4, -0.2) is 47.0 Å². The van der Waals surface area contributed by atoms with Crippen LogP contribution in [0.2, 0.25) is 0 Å². The Morgan fingerprint density at radius 2 is 2.05 bits per heavy atom. The minimum atomic E-state index is -1.26. The normalized spacial score (nSPS) is 20.9. The molecule has 20 heavy (non-hydrogen) atoms. The Labute approximate surface area is 118 Å². The fraction of sp³-hybridized carbons (Fsp3) is 0.769. The van der Waals surface area contributed by atoms with Gasteiger partial charge >= 0.3 is 12.0 Å². The van der Waals surface area contributed by atoms with Crippen molar-refractivity contribution in [1.29, 1.82) is 0 Å². The second-order valence-electron chi connectivity index (χ2n) is 5.20. The van der Waals surface area contributed by atoms with Gasteiger partial charge in [0.1, 0.15) is 6.04 Å². The van der Waals surface area contributed by atoms with Gasteiger partial charge < -0.3 is 21.1 Å². The molecule has 7 heteroatoms. The standard InChI is InChI=1S/C13H23N3O4/c1-2-9-4-3-6-16(7-5-9)13(20)15-10(12(18)19)8-11(14)17/h9-10H,2-8H2,1H3,(H2,14,17)(H,15,20)(H,18,19). The number of carboxylic acids is 1. The summed E-state index contributed by atoms with van der Waals surface area (Å²) in [6.45, 7) is 3.37. The Hall–Kier alpha value is -1.79. The van der Waals surface area contributed by atoms with Crippen molar-refractivity contribution in [3.8, 4) is 0 Å². The highest BCUT2D eigenvalue weighted by molar-refractivity contribution is 5.87. The van der Waals surface area contributed by atoms with Crippen LogP contribution in [0.25, 0.3) is 0 Å². The first kappa shape index (κ1) is 16.3. The third-order valence-electron chi connectivity index (χ3n) is 3.71. The number of rotatable bonds is 5. The molecule has 1 heterocycles. The molecule has 2 atom stereocenters. The second-order valence-corrected chi connectivity index (χ2v) is 5.20. The molecule has 0 radical (unpaired) electrons. The summed E-state index contributed by atoms with van der Waals surface area (Å²) in [7, 11) is 0. The quantitative estimate of drug-likeness (QED) is 0.684. The molecule has 2 unspecified atom stereocenters. The lowest BCUT2D eigenvalue weighted by Gasteiger charge is -2.23. The summed E-state index contributed by atoms with van der Waals surface area (Å²) >= 11 is 0.